The fraction of sp³-hybridized carbons (Fsp3) is 0.263. The van der Waals surface area contributed by atoms with Gasteiger partial charge in [-0.25, -0.2) is 0 Å². The second-order valence-corrected chi connectivity index (χ2v) is 5.50. The van der Waals surface area contributed by atoms with Gasteiger partial charge in [0.2, 0.25) is 0 Å². The summed E-state index contributed by atoms with van der Waals surface area (Å²) in [5.41, 5.74) is 4.86. The van der Waals surface area contributed by atoms with Crippen LogP contribution in [0.1, 0.15) is 33.5 Å². The van der Waals surface area contributed by atoms with Crippen molar-refractivity contribution < 1.29 is 4.79 Å². The number of benzene rings is 2. The molecule has 0 unspecified atom stereocenters. The van der Waals surface area contributed by atoms with Gasteiger partial charge in [-0.05, 0) is 56.2 Å². The van der Waals surface area contributed by atoms with Gasteiger partial charge in [0.1, 0.15) is 0 Å². The summed E-state index contributed by atoms with van der Waals surface area (Å²) in [5, 5.41) is 8.87. The number of anilines is 1. The Morgan fingerprint density at radius 2 is 1.86 bits per heavy atom. The molecule has 2 rings (SSSR count). The number of aryl methyl sites for hydroxylation is 3. The third-order valence-corrected chi connectivity index (χ3v) is 3.76. The summed E-state index contributed by atoms with van der Waals surface area (Å²) in [7, 11) is 0. The molecule has 0 saturated carbocycles. The van der Waals surface area contributed by atoms with E-state index in [0.29, 0.717) is 18.5 Å². The van der Waals surface area contributed by atoms with Crippen LogP contribution < -0.4 is 4.90 Å². The molecule has 0 aliphatic heterocycles. The second kappa shape index (κ2) is 6.91. The molecule has 0 aromatic heterocycles. The average Bonchev–Trinajstić information content (AvgIpc) is 2.51. The Balaban J connectivity index is 2.39. The first kappa shape index (κ1) is 15.8. The number of hydrogen-bond acceptors (Lipinski definition) is 2. The predicted octanol–water partition coefficient (Wildman–Crippen LogP) is 4.17. The van der Waals surface area contributed by atoms with Crippen molar-refractivity contribution in [3.63, 3.8) is 0 Å². The highest BCUT2D eigenvalue weighted by atomic mass is 16.2. The molecule has 0 N–H and O–H groups in total. The summed E-state index contributed by atoms with van der Waals surface area (Å²) in [6, 6.07) is 15.6. The van der Waals surface area contributed by atoms with E-state index >= 15 is 0 Å². The van der Waals surface area contributed by atoms with Gasteiger partial charge in [-0.2, -0.15) is 5.26 Å². The lowest BCUT2D eigenvalue weighted by atomic mass is 10.1. The molecule has 3 heteroatoms. The zero-order valence-corrected chi connectivity index (χ0v) is 13.3. The molecule has 112 valence electrons. The highest BCUT2D eigenvalue weighted by Gasteiger charge is 2.18. The van der Waals surface area contributed by atoms with Gasteiger partial charge < -0.3 is 4.90 Å². The number of nitrogens with zero attached hydrogens (tertiary/aromatic N) is 2. The lowest BCUT2D eigenvalue weighted by Gasteiger charge is -2.23. The smallest absolute Gasteiger partial charge is 0.258 e. The number of carbonyl (C=O) groups excluding carboxylic acids is 1. The van der Waals surface area contributed by atoms with Crippen LogP contribution in [-0.4, -0.2) is 12.5 Å². The number of amides is 1. The van der Waals surface area contributed by atoms with Gasteiger partial charge in [0.05, 0.1) is 12.5 Å². The molecule has 2 aromatic carbocycles. The summed E-state index contributed by atoms with van der Waals surface area (Å²) in [5.74, 6) is -0.0674. The maximum absolute atomic E-state index is 12.8. The van der Waals surface area contributed by atoms with Gasteiger partial charge in [0.25, 0.3) is 5.91 Å². The van der Waals surface area contributed by atoms with E-state index in [1.807, 2.05) is 63.2 Å². The van der Waals surface area contributed by atoms with E-state index in [2.05, 4.69) is 6.07 Å². The van der Waals surface area contributed by atoms with Crippen LogP contribution in [0.4, 0.5) is 5.69 Å². The molecular formula is C19H20N2O. The molecule has 0 fully saturated rings. The molecule has 22 heavy (non-hydrogen) atoms. The third kappa shape index (κ3) is 3.53. The van der Waals surface area contributed by atoms with E-state index in [0.717, 1.165) is 16.8 Å². The van der Waals surface area contributed by atoms with Crippen molar-refractivity contribution in [2.75, 3.05) is 11.4 Å². The predicted molar refractivity (Wildman–Crippen MR) is 89.0 cm³/mol. The van der Waals surface area contributed by atoms with Crippen molar-refractivity contribution in [1.29, 1.82) is 5.26 Å². The van der Waals surface area contributed by atoms with Gasteiger partial charge in [-0.1, -0.05) is 23.8 Å². The van der Waals surface area contributed by atoms with Crippen LogP contribution in [-0.2, 0) is 0 Å². The first-order valence-corrected chi connectivity index (χ1v) is 7.35. The second-order valence-electron chi connectivity index (χ2n) is 5.50. The lowest BCUT2D eigenvalue weighted by Crippen LogP contribution is -2.32. The monoisotopic (exact) mass is 292 g/mol. The molecule has 0 spiro atoms. The Kier molecular flexibility index (Phi) is 4.95. The van der Waals surface area contributed by atoms with Crippen LogP contribution in [0, 0.1) is 32.1 Å². The topological polar surface area (TPSA) is 44.1 Å². The number of carbonyl (C=O) groups is 1. The van der Waals surface area contributed by atoms with E-state index in [9.17, 15) is 4.79 Å². The molecule has 0 atom stereocenters. The molecule has 0 saturated heterocycles. The minimum absolute atomic E-state index is 0.0674. The quantitative estimate of drug-likeness (QED) is 0.848. The molecular weight excluding hydrogens is 272 g/mol. The fourth-order valence-corrected chi connectivity index (χ4v) is 2.34. The van der Waals surface area contributed by atoms with Crippen molar-refractivity contribution in [2.24, 2.45) is 0 Å². The Bertz CT molecular complexity index is 728. The SMILES string of the molecule is Cc1cccc(C(=O)N(CCC#N)c2ccc(C)c(C)c2)c1. The third-order valence-electron chi connectivity index (χ3n) is 3.76. The zero-order chi connectivity index (χ0) is 16.1. The van der Waals surface area contributed by atoms with Crippen LogP contribution >= 0.6 is 0 Å². The maximum atomic E-state index is 12.8. The molecule has 0 radical (unpaired) electrons. The van der Waals surface area contributed by atoms with Gasteiger partial charge >= 0.3 is 0 Å². The van der Waals surface area contributed by atoms with E-state index in [1.165, 1.54) is 5.56 Å². The molecule has 0 aliphatic carbocycles. The van der Waals surface area contributed by atoms with Gasteiger partial charge in [-0.3, -0.25) is 4.79 Å². The Morgan fingerprint density at radius 3 is 2.50 bits per heavy atom. The normalized spacial score (nSPS) is 10.1. The summed E-state index contributed by atoms with van der Waals surface area (Å²) in [6.07, 6.45) is 0.310. The van der Waals surface area contributed by atoms with Crippen molar-refractivity contribution in [1.82, 2.24) is 0 Å². The Labute approximate surface area is 131 Å². The summed E-state index contributed by atoms with van der Waals surface area (Å²) in [4.78, 5) is 14.5. The minimum atomic E-state index is -0.0674. The van der Waals surface area contributed by atoms with E-state index in [4.69, 9.17) is 5.26 Å². The number of hydrogen-bond donors (Lipinski definition) is 0. The Morgan fingerprint density at radius 1 is 1.09 bits per heavy atom. The molecule has 0 heterocycles. The molecule has 0 aliphatic rings. The van der Waals surface area contributed by atoms with Crippen LogP contribution in [0.2, 0.25) is 0 Å². The van der Waals surface area contributed by atoms with E-state index < -0.39 is 0 Å². The van der Waals surface area contributed by atoms with E-state index in [1.54, 1.807) is 4.90 Å². The van der Waals surface area contributed by atoms with Gasteiger partial charge in [-0.15, -0.1) is 0 Å². The molecule has 3 nitrogen and oxygen atoms in total. The minimum Gasteiger partial charge on any atom is -0.307 e. The molecule has 2 aromatic rings. The largest absolute Gasteiger partial charge is 0.307 e. The number of rotatable bonds is 4. The highest BCUT2D eigenvalue weighted by molar-refractivity contribution is 6.06. The zero-order valence-electron chi connectivity index (χ0n) is 13.3. The molecule has 0 bridgehead atoms. The first-order valence-electron chi connectivity index (χ1n) is 7.35. The standard InChI is InChI=1S/C19H20N2O/c1-14-6-4-7-17(12-14)19(22)21(11-5-10-20)18-9-8-15(2)16(3)13-18/h4,6-9,12-13H,5,11H2,1-3H3. The van der Waals surface area contributed by atoms with Crippen LogP contribution in [0.15, 0.2) is 42.5 Å². The van der Waals surface area contributed by atoms with Crippen molar-refractivity contribution >= 4 is 11.6 Å². The van der Waals surface area contributed by atoms with E-state index in [-0.39, 0.29) is 5.91 Å². The van der Waals surface area contributed by atoms with Crippen LogP contribution in [0.3, 0.4) is 0 Å². The van der Waals surface area contributed by atoms with Crippen molar-refractivity contribution in [3.05, 3.63) is 64.7 Å². The average molecular weight is 292 g/mol. The van der Waals surface area contributed by atoms with Crippen LogP contribution in [0.25, 0.3) is 0 Å². The first-order chi connectivity index (χ1) is 10.5. The summed E-state index contributed by atoms with van der Waals surface area (Å²) in [6.45, 7) is 6.43. The van der Waals surface area contributed by atoms with Gasteiger partial charge in [0.15, 0.2) is 0 Å². The lowest BCUT2D eigenvalue weighted by molar-refractivity contribution is 0.0987. The van der Waals surface area contributed by atoms with Crippen molar-refractivity contribution in [2.45, 2.75) is 27.2 Å². The van der Waals surface area contributed by atoms with Gasteiger partial charge in [0, 0.05) is 17.8 Å². The molecule has 1 amide bonds. The summed E-state index contributed by atoms with van der Waals surface area (Å²) < 4.78 is 0. The maximum Gasteiger partial charge on any atom is 0.258 e. The van der Waals surface area contributed by atoms with Crippen molar-refractivity contribution in [3.8, 4) is 6.07 Å². The fourth-order valence-electron chi connectivity index (χ4n) is 2.34. The van der Waals surface area contributed by atoms with Crippen LogP contribution in [0.5, 0.6) is 0 Å². The highest BCUT2D eigenvalue weighted by Crippen LogP contribution is 2.21. The Hall–Kier alpha value is -2.60. The number of nitriles is 1. The summed E-state index contributed by atoms with van der Waals surface area (Å²) >= 11 is 0.